The summed E-state index contributed by atoms with van der Waals surface area (Å²) < 4.78 is 6.61. The molecule has 6 nitrogen and oxygen atoms in total. The number of aromatic nitrogens is 1. The van der Waals surface area contributed by atoms with E-state index in [1.54, 1.807) is 30.5 Å². The van der Waals surface area contributed by atoms with Crippen LogP contribution in [0.1, 0.15) is 27.9 Å². The number of carbonyl (C=O) groups excluding carboxylic acids is 2. The molecule has 4 aromatic rings. The van der Waals surface area contributed by atoms with E-state index in [4.69, 9.17) is 4.42 Å². The number of hydrogen-bond donors (Lipinski definition) is 1. The second kappa shape index (κ2) is 8.09. The van der Waals surface area contributed by atoms with Crippen molar-refractivity contribution in [3.63, 3.8) is 0 Å². The minimum atomic E-state index is -0.766. The summed E-state index contributed by atoms with van der Waals surface area (Å²) in [7, 11) is 0. The minimum absolute atomic E-state index is 0.00440. The molecule has 0 spiro atoms. The van der Waals surface area contributed by atoms with E-state index in [0.29, 0.717) is 16.8 Å². The molecule has 1 atom stereocenters. The Kier molecular flexibility index (Phi) is 5.11. The van der Waals surface area contributed by atoms with Gasteiger partial charge in [0.15, 0.2) is 11.5 Å². The van der Waals surface area contributed by atoms with Gasteiger partial charge < -0.3 is 14.4 Å². The highest BCUT2D eigenvalue weighted by Gasteiger charge is 2.44. The van der Waals surface area contributed by atoms with Crippen molar-refractivity contribution in [1.29, 1.82) is 0 Å². The van der Waals surface area contributed by atoms with Crippen LogP contribution in [0.25, 0.3) is 11.0 Å². The fourth-order valence-electron chi connectivity index (χ4n) is 3.96. The number of nitrogens with zero attached hydrogens (tertiary/aromatic N) is 2. The van der Waals surface area contributed by atoms with Crippen molar-refractivity contribution in [2.75, 3.05) is 0 Å². The van der Waals surface area contributed by atoms with E-state index in [2.05, 4.69) is 20.9 Å². The van der Waals surface area contributed by atoms with Gasteiger partial charge in [-0.25, -0.2) is 0 Å². The number of fused-ring (bicyclic) bond motifs is 1. The van der Waals surface area contributed by atoms with Crippen molar-refractivity contribution < 1.29 is 19.1 Å². The number of Topliss-reactive ketones (excluding diaryl/α,β-unsaturated/α-hetero) is 1. The third-order valence-corrected chi connectivity index (χ3v) is 5.92. The predicted molar refractivity (Wildman–Crippen MR) is 122 cm³/mol. The van der Waals surface area contributed by atoms with E-state index >= 15 is 0 Å². The van der Waals surface area contributed by atoms with Crippen molar-refractivity contribution in [3.8, 4) is 0 Å². The molecular weight excluding hydrogens is 472 g/mol. The summed E-state index contributed by atoms with van der Waals surface area (Å²) in [5.41, 5.74) is 1.90. The molecule has 0 bridgehead atoms. The molecule has 5 rings (SSSR count). The Morgan fingerprint density at radius 3 is 2.59 bits per heavy atom. The summed E-state index contributed by atoms with van der Waals surface area (Å²) in [6.07, 6.45) is 1.64. The van der Waals surface area contributed by atoms with Gasteiger partial charge >= 0.3 is 0 Å². The summed E-state index contributed by atoms with van der Waals surface area (Å²) in [4.78, 5) is 32.3. The highest BCUT2D eigenvalue weighted by Crippen LogP contribution is 2.40. The Morgan fingerprint density at radius 2 is 1.84 bits per heavy atom. The van der Waals surface area contributed by atoms with Crippen LogP contribution in [0.15, 0.2) is 99.2 Å². The van der Waals surface area contributed by atoms with Crippen molar-refractivity contribution in [2.24, 2.45) is 0 Å². The van der Waals surface area contributed by atoms with Gasteiger partial charge in [0.05, 0.1) is 23.9 Å². The fraction of sp³-hybridized carbons (Fsp3) is 0.0800. The second-order valence-electron chi connectivity index (χ2n) is 7.45. The van der Waals surface area contributed by atoms with Gasteiger partial charge in [0, 0.05) is 16.1 Å². The van der Waals surface area contributed by atoms with Crippen molar-refractivity contribution in [1.82, 2.24) is 9.88 Å². The zero-order valence-electron chi connectivity index (χ0n) is 16.7. The standard InChI is InChI=1S/C25H17BrN2O4/c26-17-9-10-19-16(12-17)13-20(32-19)23(29)21-22(15-6-2-1-3-7-15)28(25(31)24(21)30)14-18-8-4-5-11-27-18/h1-13,22,30H,14H2. The minimum Gasteiger partial charge on any atom is -0.503 e. The predicted octanol–water partition coefficient (Wildman–Crippen LogP) is 5.37. The molecule has 2 aromatic heterocycles. The number of pyridine rings is 1. The zero-order chi connectivity index (χ0) is 22.2. The number of amides is 1. The lowest BCUT2D eigenvalue weighted by atomic mass is 9.95. The third kappa shape index (κ3) is 3.50. The van der Waals surface area contributed by atoms with Gasteiger partial charge in [-0.1, -0.05) is 52.3 Å². The first kappa shape index (κ1) is 20.2. The van der Waals surface area contributed by atoms with E-state index < -0.39 is 23.5 Å². The normalized spacial score (nSPS) is 16.2. The topological polar surface area (TPSA) is 83.6 Å². The first-order chi connectivity index (χ1) is 15.5. The van der Waals surface area contributed by atoms with E-state index in [-0.39, 0.29) is 17.9 Å². The summed E-state index contributed by atoms with van der Waals surface area (Å²) >= 11 is 3.41. The summed E-state index contributed by atoms with van der Waals surface area (Å²) in [6.45, 7) is 0.146. The van der Waals surface area contributed by atoms with Gasteiger partial charge in [0.1, 0.15) is 5.58 Å². The van der Waals surface area contributed by atoms with Crippen LogP contribution in [-0.2, 0) is 11.3 Å². The zero-order valence-corrected chi connectivity index (χ0v) is 18.3. The third-order valence-electron chi connectivity index (χ3n) is 5.42. The Morgan fingerprint density at radius 1 is 1.06 bits per heavy atom. The number of halogens is 1. The number of rotatable bonds is 5. The molecule has 1 unspecified atom stereocenters. The van der Waals surface area contributed by atoms with E-state index in [9.17, 15) is 14.7 Å². The van der Waals surface area contributed by atoms with Crippen molar-refractivity contribution in [3.05, 3.63) is 112 Å². The molecule has 158 valence electrons. The molecule has 0 fully saturated rings. The lowest BCUT2D eigenvalue weighted by molar-refractivity contribution is -0.130. The summed E-state index contributed by atoms with van der Waals surface area (Å²) in [6, 6.07) is 20.8. The molecule has 1 amide bonds. The molecule has 0 aliphatic carbocycles. The first-order valence-electron chi connectivity index (χ1n) is 9.95. The number of carbonyl (C=O) groups is 2. The van der Waals surface area contributed by atoms with Crippen LogP contribution in [-0.4, -0.2) is 26.7 Å². The van der Waals surface area contributed by atoms with Crippen LogP contribution < -0.4 is 0 Å². The Labute approximate surface area is 191 Å². The molecule has 1 aliphatic heterocycles. The number of aliphatic hydroxyl groups is 1. The summed E-state index contributed by atoms with van der Waals surface area (Å²) in [5.74, 6) is -1.65. The Bertz CT molecular complexity index is 1360. The van der Waals surface area contributed by atoms with Crippen LogP contribution >= 0.6 is 15.9 Å². The monoisotopic (exact) mass is 488 g/mol. The average Bonchev–Trinajstić information content (AvgIpc) is 3.34. The molecule has 3 heterocycles. The molecule has 0 radical (unpaired) electrons. The second-order valence-corrected chi connectivity index (χ2v) is 8.37. The highest BCUT2D eigenvalue weighted by atomic mass is 79.9. The van der Waals surface area contributed by atoms with Crippen LogP contribution in [0, 0.1) is 0 Å². The molecule has 2 aromatic carbocycles. The Balaban J connectivity index is 1.59. The SMILES string of the molecule is O=C(C1=C(O)C(=O)N(Cc2ccccn2)C1c1ccccc1)c1cc2cc(Br)ccc2o1. The van der Waals surface area contributed by atoms with Gasteiger partial charge in [-0.3, -0.25) is 14.6 Å². The van der Waals surface area contributed by atoms with E-state index in [1.165, 1.54) is 4.90 Å². The first-order valence-corrected chi connectivity index (χ1v) is 10.7. The van der Waals surface area contributed by atoms with Crippen LogP contribution in [0.4, 0.5) is 0 Å². The van der Waals surface area contributed by atoms with Gasteiger partial charge in [0.2, 0.25) is 5.78 Å². The highest BCUT2D eigenvalue weighted by molar-refractivity contribution is 9.10. The van der Waals surface area contributed by atoms with Gasteiger partial charge in [0.25, 0.3) is 5.91 Å². The maximum atomic E-state index is 13.5. The van der Waals surface area contributed by atoms with E-state index in [0.717, 1.165) is 9.86 Å². The van der Waals surface area contributed by atoms with Gasteiger partial charge in [-0.05, 0) is 42.0 Å². The molecule has 1 aliphatic rings. The average molecular weight is 489 g/mol. The molecular formula is C25H17BrN2O4. The molecule has 0 saturated heterocycles. The molecule has 32 heavy (non-hydrogen) atoms. The van der Waals surface area contributed by atoms with Crippen LogP contribution in [0.5, 0.6) is 0 Å². The lowest BCUT2D eigenvalue weighted by Gasteiger charge is -2.26. The van der Waals surface area contributed by atoms with Gasteiger partial charge in [-0.2, -0.15) is 0 Å². The smallest absolute Gasteiger partial charge is 0.290 e. The van der Waals surface area contributed by atoms with Crippen molar-refractivity contribution >= 4 is 38.6 Å². The van der Waals surface area contributed by atoms with E-state index in [1.807, 2.05) is 48.5 Å². The van der Waals surface area contributed by atoms with Crippen LogP contribution in [0.3, 0.4) is 0 Å². The maximum absolute atomic E-state index is 13.5. The molecule has 1 N–H and O–H groups in total. The van der Waals surface area contributed by atoms with Crippen molar-refractivity contribution in [2.45, 2.75) is 12.6 Å². The molecule has 7 heteroatoms. The maximum Gasteiger partial charge on any atom is 0.290 e. The summed E-state index contributed by atoms with van der Waals surface area (Å²) in [5, 5.41) is 11.5. The van der Waals surface area contributed by atoms with Gasteiger partial charge in [-0.15, -0.1) is 0 Å². The number of benzene rings is 2. The number of aliphatic hydroxyl groups excluding tert-OH is 1. The number of ketones is 1. The number of furan rings is 1. The largest absolute Gasteiger partial charge is 0.503 e. The molecule has 0 saturated carbocycles. The Hall–Kier alpha value is -3.71. The fourth-order valence-corrected chi connectivity index (χ4v) is 4.33. The lowest BCUT2D eigenvalue weighted by Crippen LogP contribution is -2.31. The van der Waals surface area contributed by atoms with Crippen LogP contribution in [0.2, 0.25) is 0 Å². The quantitative estimate of drug-likeness (QED) is 0.381. The number of hydrogen-bond acceptors (Lipinski definition) is 5.